The number of nitrogens with one attached hydrogen (secondary N) is 3. The molecule has 34 heavy (non-hydrogen) atoms. The van der Waals surface area contributed by atoms with Crippen LogP contribution in [0, 0.1) is 6.92 Å². The van der Waals surface area contributed by atoms with Crippen molar-refractivity contribution in [1.29, 1.82) is 0 Å². The number of methoxy groups -OCH3 is 1. The van der Waals surface area contributed by atoms with Crippen LogP contribution in [0.25, 0.3) is 10.1 Å². The van der Waals surface area contributed by atoms with Gasteiger partial charge >= 0.3 is 0 Å². The summed E-state index contributed by atoms with van der Waals surface area (Å²) in [6, 6.07) is 18.6. The third-order valence-electron chi connectivity index (χ3n) is 5.04. The number of thiophene rings is 1. The number of carbonyl (C=O) groups excluding carboxylic acids is 3. The maximum Gasteiger partial charge on any atom is 0.269 e. The largest absolute Gasteiger partial charge is 0.497 e. The molecule has 0 aliphatic carbocycles. The van der Waals surface area contributed by atoms with E-state index in [0.29, 0.717) is 32.5 Å². The molecule has 0 radical (unpaired) electrons. The molecule has 0 fully saturated rings. The molecule has 0 aliphatic rings. The van der Waals surface area contributed by atoms with Gasteiger partial charge in [-0.25, -0.2) is 0 Å². The summed E-state index contributed by atoms with van der Waals surface area (Å²) in [7, 11) is 1.53. The molecule has 0 unspecified atom stereocenters. The summed E-state index contributed by atoms with van der Waals surface area (Å²) in [5, 5.41) is 4.05. The summed E-state index contributed by atoms with van der Waals surface area (Å²) < 4.78 is 6.00. The van der Waals surface area contributed by atoms with Gasteiger partial charge in [0.2, 0.25) is 0 Å². The molecule has 1 aromatic heterocycles. The highest BCUT2D eigenvalue weighted by molar-refractivity contribution is 7.21. The summed E-state index contributed by atoms with van der Waals surface area (Å²) in [5.41, 5.74) is 7.00. The lowest BCUT2D eigenvalue weighted by Crippen LogP contribution is -2.41. The molecule has 0 saturated heterocycles. The van der Waals surface area contributed by atoms with Crippen LogP contribution in [0.15, 0.2) is 66.7 Å². The number of benzene rings is 3. The van der Waals surface area contributed by atoms with Crippen molar-refractivity contribution in [3.63, 3.8) is 0 Å². The Morgan fingerprint density at radius 3 is 2.00 bits per heavy atom. The Balaban J connectivity index is 1.37. The summed E-state index contributed by atoms with van der Waals surface area (Å²) in [6.07, 6.45) is 0. The summed E-state index contributed by atoms with van der Waals surface area (Å²) in [5.74, 6) is -0.664. The average molecular weight is 494 g/mol. The summed E-state index contributed by atoms with van der Waals surface area (Å²) in [4.78, 5) is 37.7. The van der Waals surface area contributed by atoms with Crippen LogP contribution in [0.2, 0.25) is 5.02 Å². The van der Waals surface area contributed by atoms with Gasteiger partial charge in [0.15, 0.2) is 0 Å². The lowest BCUT2D eigenvalue weighted by atomic mass is 10.2. The van der Waals surface area contributed by atoms with E-state index in [4.69, 9.17) is 16.3 Å². The number of rotatable bonds is 5. The third-order valence-corrected chi connectivity index (χ3v) is 6.69. The fraction of sp³-hybridized carbons (Fsp3) is 0.0800. The number of halogens is 1. The normalized spacial score (nSPS) is 10.6. The average Bonchev–Trinajstić information content (AvgIpc) is 3.18. The Labute approximate surface area is 204 Å². The van der Waals surface area contributed by atoms with E-state index < -0.39 is 11.8 Å². The van der Waals surface area contributed by atoms with Gasteiger partial charge in [-0.05, 0) is 67.1 Å². The zero-order chi connectivity index (χ0) is 24.2. The number of ether oxygens (including phenoxy) is 1. The van der Waals surface area contributed by atoms with E-state index in [9.17, 15) is 14.4 Å². The van der Waals surface area contributed by atoms with Crippen LogP contribution in [0.5, 0.6) is 5.75 Å². The summed E-state index contributed by atoms with van der Waals surface area (Å²) >= 11 is 7.74. The predicted molar refractivity (Wildman–Crippen MR) is 134 cm³/mol. The Bertz CT molecular complexity index is 1380. The first-order chi connectivity index (χ1) is 16.4. The van der Waals surface area contributed by atoms with Crippen molar-refractivity contribution in [3.8, 4) is 5.75 Å². The number of hydrazine groups is 1. The first kappa shape index (κ1) is 23.3. The maximum absolute atomic E-state index is 12.7. The molecule has 1 heterocycles. The summed E-state index contributed by atoms with van der Waals surface area (Å²) in [6.45, 7) is 1.98. The minimum atomic E-state index is -0.498. The highest BCUT2D eigenvalue weighted by atomic mass is 35.5. The molecular weight excluding hydrogens is 474 g/mol. The maximum atomic E-state index is 12.7. The Hall–Kier alpha value is -3.88. The highest BCUT2D eigenvalue weighted by Gasteiger charge is 2.18. The molecule has 7 nitrogen and oxygen atoms in total. The zero-order valence-electron chi connectivity index (χ0n) is 18.3. The Morgan fingerprint density at radius 1 is 0.824 bits per heavy atom. The van der Waals surface area contributed by atoms with Crippen LogP contribution in [-0.4, -0.2) is 24.8 Å². The van der Waals surface area contributed by atoms with Crippen molar-refractivity contribution in [3.05, 3.63) is 93.3 Å². The molecule has 0 bridgehead atoms. The van der Waals surface area contributed by atoms with Crippen molar-refractivity contribution in [2.75, 3.05) is 12.4 Å². The molecule has 3 N–H and O–H groups in total. The number of aryl methyl sites for hydroxylation is 1. The lowest BCUT2D eigenvalue weighted by Gasteiger charge is -2.09. The third kappa shape index (κ3) is 5.03. The molecular formula is C25H20ClN3O4S. The van der Waals surface area contributed by atoms with E-state index in [1.54, 1.807) is 48.5 Å². The first-order valence-electron chi connectivity index (χ1n) is 10.2. The molecule has 0 atom stereocenters. The molecule has 3 amide bonds. The van der Waals surface area contributed by atoms with Crippen LogP contribution < -0.4 is 20.9 Å². The number of hydrogen-bond donors (Lipinski definition) is 3. The predicted octanol–water partition coefficient (Wildman–Crippen LogP) is 5.20. The van der Waals surface area contributed by atoms with E-state index >= 15 is 0 Å². The van der Waals surface area contributed by atoms with Gasteiger partial charge in [-0.1, -0.05) is 23.7 Å². The SMILES string of the molecule is COc1ccc(C(=O)NNC(=O)c2ccc(NC(=O)c3sc4cc(C)ccc4c3Cl)cc2)cc1. The van der Waals surface area contributed by atoms with Gasteiger partial charge in [-0.2, -0.15) is 0 Å². The fourth-order valence-electron chi connectivity index (χ4n) is 3.21. The minimum Gasteiger partial charge on any atom is -0.497 e. The lowest BCUT2D eigenvalue weighted by molar-refractivity contribution is 0.0846. The second kappa shape index (κ2) is 9.94. The molecule has 0 saturated carbocycles. The van der Waals surface area contributed by atoms with Crippen molar-refractivity contribution >= 4 is 56.4 Å². The smallest absolute Gasteiger partial charge is 0.269 e. The Kier molecular flexibility index (Phi) is 6.81. The molecule has 172 valence electrons. The van der Waals surface area contributed by atoms with E-state index in [0.717, 1.165) is 15.6 Å². The van der Waals surface area contributed by atoms with Gasteiger partial charge in [0.1, 0.15) is 10.6 Å². The van der Waals surface area contributed by atoms with E-state index in [1.165, 1.54) is 18.4 Å². The topological polar surface area (TPSA) is 96.5 Å². The van der Waals surface area contributed by atoms with Crippen LogP contribution in [0.3, 0.4) is 0 Å². The highest BCUT2D eigenvalue weighted by Crippen LogP contribution is 2.36. The van der Waals surface area contributed by atoms with E-state index in [-0.39, 0.29) is 5.91 Å². The zero-order valence-corrected chi connectivity index (χ0v) is 19.8. The number of fused-ring (bicyclic) bond motifs is 1. The van der Waals surface area contributed by atoms with Gasteiger partial charge in [0.05, 0.1) is 12.1 Å². The number of anilines is 1. The van der Waals surface area contributed by atoms with Gasteiger partial charge in [0.25, 0.3) is 17.7 Å². The number of carbonyl (C=O) groups is 3. The second-order valence-electron chi connectivity index (χ2n) is 7.41. The van der Waals surface area contributed by atoms with Crippen LogP contribution >= 0.6 is 22.9 Å². The van der Waals surface area contributed by atoms with Crippen molar-refractivity contribution in [2.45, 2.75) is 6.92 Å². The van der Waals surface area contributed by atoms with Gasteiger partial charge in [0, 0.05) is 26.9 Å². The number of hydrogen-bond acceptors (Lipinski definition) is 5. The minimum absolute atomic E-state index is 0.309. The van der Waals surface area contributed by atoms with E-state index in [1.807, 2.05) is 25.1 Å². The molecule has 3 aromatic carbocycles. The standard InChI is InChI=1S/C25H20ClN3O4S/c1-14-3-12-19-20(13-14)34-22(21(19)26)25(32)27-17-8-4-15(5-9-17)23(30)28-29-24(31)16-6-10-18(33-2)11-7-16/h3-13H,1-2H3,(H,27,32)(H,28,30)(H,29,31). The first-order valence-corrected chi connectivity index (χ1v) is 11.4. The van der Waals surface area contributed by atoms with Gasteiger partial charge in [-0.15, -0.1) is 11.3 Å². The Morgan fingerprint density at radius 2 is 1.41 bits per heavy atom. The van der Waals surface area contributed by atoms with Gasteiger partial charge < -0.3 is 10.1 Å². The quantitative estimate of drug-likeness (QED) is 0.333. The molecule has 4 aromatic rings. The van der Waals surface area contributed by atoms with Crippen molar-refractivity contribution < 1.29 is 19.1 Å². The van der Waals surface area contributed by atoms with Crippen LogP contribution in [0.4, 0.5) is 5.69 Å². The second-order valence-corrected chi connectivity index (χ2v) is 8.84. The van der Waals surface area contributed by atoms with E-state index in [2.05, 4.69) is 16.2 Å². The van der Waals surface area contributed by atoms with Crippen molar-refractivity contribution in [1.82, 2.24) is 10.9 Å². The van der Waals surface area contributed by atoms with Crippen LogP contribution in [-0.2, 0) is 0 Å². The molecule has 0 spiro atoms. The molecule has 4 rings (SSSR count). The van der Waals surface area contributed by atoms with Gasteiger partial charge in [-0.3, -0.25) is 25.2 Å². The molecule has 0 aliphatic heterocycles. The molecule has 9 heteroatoms. The number of amides is 3. The monoisotopic (exact) mass is 493 g/mol. The van der Waals surface area contributed by atoms with Crippen molar-refractivity contribution in [2.24, 2.45) is 0 Å². The van der Waals surface area contributed by atoms with Crippen LogP contribution in [0.1, 0.15) is 36.0 Å². The fourth-order valence-corrected chi connectivity index (χ4v) is 4.72.